The Bertz CT molecular complexity index is 110. The summed E-state index contributed by atoms with van der Waals surface area (Å²) in [5, 5.41) is 3.47. The quantitative estimate of drug-likeness (QED) is 0.556. The topological polar surface area (TPSA) is 12.0 Å². The molecule has 0 aromatic carbocycles. The SMILES string of the molecule is CCCNCCCC(CC)CC(C)C. The largest absolute Gasteiger partial charge is 0.317 e. The van der Waals surface area contributed by atoms with Gasteiger partial charge in [0.1, 0.15) is 0 Å². The normalized spacial score (nSPS) is 13.5. The van der Waals surface area contributed by atoms with Crippen LogP contribution in [0.4, 0.5) is 0 Å². The Kier molecular flexibility index (Phi) is 9.49. The first-order valence-electron chi connectivity index (χ1n) is 6.41. The number of nitrogens with one attached hydrogen (secondary N) is 1. The van der Waals surface area contributed by atoms with Gasteiger partial charge in [-0.2, -0.15) is 0 Å². The zero-order chi connectivity index (χ0) is 10.8. The Hall–Kier alpha value is -0.0400. The predicted molar refractivity (Wildman–Crippen MR) is 65.6 cm³/mol. The van der Waals surface area contributed by atoms with E-state index in [9.17, 15) is 0 Å². The van der Waals surface area contributed by atoms with Crippen LogP contribution in [0.2, 0.25) is 0 Å². The van der Waals surface area contributed by atoms with E-state index in [1.54, 1.807) is 0 Å². The fourth-order valence-electron chi connectivity index (χ4n) is 1.97. The van der Waals surface area contributed by atoms with Gasteiger partial charge in [-0.05, 0) is 50.6 Å². The van der Waals surface area contributed by atoms with E-state index in [1.165, 1.54) is 45.2 Å². The summed E-state index contributed by atoms with van der Waals surface area (Å²) in [5.74, 6) is 1.82. The summed E-state index contributed by atoms with van der Waals surface area (Å²) >= 11 is 0. The molecule has 0 amide bonds. The fraction of sp³-hybridized carbons (Fsp3) is 1.00. The third-order valence-electron chi connectivity index (χ3n) is 2.77. The number of hydrogen-bond donors (Lipinski definition) is 1. The van der Waals surface area contributed by atoms with E-state index in [-0.39, 0.29) is 0 Å². The molecule has 0 bridgehead atoms. The Morgan fingerprint density at radius 1 is 1.07 bits per heavy atom. The van der Waals surface area contributed by atoms with Crippen molar-refractivity contribution in [3.63, 3.8) is 0 Å². The van der Waals surface area contributed by atoms with Crippen LogP contribution in [0.5, 0.6) is 0 Å². The van der Waals surface area contributed by atoms with Crippen LogP contribution >= 0.6 is 0 Å². The Morgan fingerprint density at radius 2 is 1.79 bits per heavy atom. The van der Waals surface area contributed by atoms with Crippen LogP contribution in [0.25, 0.3) is 0 Å². The number of hydrogen-bond acceptors (Lipinski definition) is 1. The summed E-state index contributed by atoms with van der Waals surface area (Å²) in [7, 11) is 0. The molecule has 1 atom stereocenters. The minimum Gasteiger partial charge on any atom is -0.317 e. The van der Waals surface area contributed by atoms with Crippen molar-refractivity contribution in [3.8, 4) is 0 Å². The maximum atomic E-state index is 3.47. The number of rotatable bonds is 9. The molecular weight excluding hydrogens is 170 g/mol. The lowest BCUT2D eigenvalue weighted by atomic mass is 9.91. The monoisotopic (exact) mass is 199 g/mol. The first-order chi connectivity index (χ1) is 6.70. The van der Waals surface area contributed by atoms with Gasteiger partial charge in [0.25, 0.3) is 0 Å². The lowest BCUT2D eigenvalue weighted by Gasteiger charge is -2.16. The molecular formula is C13H29N. The second kappa shape index (κ2) is 9.51. The van der Waals surface area contributed by atoms with Crippen LogP contribution in [-0.4, -0.2) is 13.1 Å². The van der Waals surface area contributed by atoms with Gasteiger partial charge in [-0.25, -0.2) is 0 Å². The summed E-state index contributed by atoms with van der Waals surface area (Å²) in [6.45, 7) is 11.6. The van der Waals surface area contributed by atoms with E-state index in [0.717, 1.165) is 11.8 Å². The highest BCUT2D eigenvalue weighted by molar-refractivity contribution is 4.61. The van der Waals surface area contributed by atoms with E-state index in [2.05, 4.69) is 33.0 Å². The maximum Gasteiger partial charge on any atom is -0.00488 e. The zero-order valence-corrected chi connectivity index (χ0v) is 10.6. The van der Waals surface area contributed by atoms with Crippen molar-refractivity contribution >= 4 is 0 Å². The van der Waals surface area contributed by atoms with Crippen molar-refractivity contribution < 1.29 is 0 Å². The Morgan fingerprint density at radius 3 is 2.29 bits per heavy atom. The van der Waals surface area contributed by atoms with Gasteiger partial charge in [-0.15, -0.1) is 0 Å². The zero-order valence-electron chi connectivity index (χ0n) is 10.6. The standard InChI is InChI=1S/C13H29N/c1-5-9-14-10-7-8-13(6-2)11-12(3)4/h12-14H,5-11H2,1-4H3. The maximum absolute atomic E-state index is 3.47. The van der Waals surface area contributed by atoms with Gasteiger partial charge in [-0.3, -0.25) is 0 Å². The second-order valence-corrected chi connectivity index (χ2v) is 4.80. The molecule has 0 fully saturated rings. The first-order valence-corrected chi connectivity index (χ1v) is 6.41. The average molecular weight is 199 g/mol. The van der Waals surface area contributed by atoms with Crippen molar-refractivity contribution in [3.05, 3.63) is 0 Å². The Balaban J connectivity index is 3.33. The van der Waals surface area contributed by atoms with Crippen molar-refractivity contribution in [2.45, 2.75) is 59.8 Å². The van der Waals surface area contributed by atoms with E-state index >= 15 is 0 Å². The average Bonchev–Trinajstić information content (AvgIpc) is 2.15. The van der Waals surface area contributed by atoms with Crippen molar-refractivity contribution in [2.24, 2.45) is 11.8 Å². The van der Waals surface area contributed by atoms with Gasteiger partial charge < -0.3 is 5.32 Å². The van der Waals surface area contributed by atoms with E-state index in [0.29, 0.717) is 0 Å². The molecule has 0 aliphatic rings. The highest BCUT2D eigenvalue weighted by Gasteiger charge is 2.07. The van der Waals surface area contributed by atoms with Crippen LogP contribution in [0.15, 0.2) is 0 Å². The Labute approximate surface area is 90.7 Å². The molecule has 0 spiro atoms. The van der Waals surface area contributed by atoms with Gasteiger partial charge in [0.05, 0.1) is 0 Å². The minimum absolute atomic E-state index is 0.864. The molecule has 0 rings (SSSR count). The van der Waals surface area contributed by atoms with Crippen molar-refractivity contribution in [2.75, 3.05) is 13.1 Å². The molecule has 0 heterocycles. The van der Waals surface area contributed by atoms with Gasteiger partial charge in [0, 0.05) is 0 Å². The highest BCUT2D eigenvalue weighted by Crippen LogP contribution is 2.19. The third-order valence-corrected chi connectivity index (χ3v) is 2.77. The molecule has 0 saturated heterocycles. The van der Waals surface area contributed by atoms with Crippen LogP contribution in [0.1, 0.15) is 59.8 Å². The van der Waals surface area contributed by atoms with Crippen molar-refractivity contribution in [1.29, 1.82) is 0 Å². The van der Waals surface area contributed by atoms with Crippen LogP contribution in [0.3, 0.4) is 0 Å². The summed E-state index contributed by atoms with van der Waals surface area (Å²) in [5.41, 5.74) is 0. The fourth-order valence-corrected chi connectivity index (χ4v) is 1.97. The summed E-state index contributed by atoms with van der Waals surface area (Å²) in [4.78, 5) is 0. The van der Waals surface area contributed by atoms with Gasteiger partial charge in [-0.1, -0.05) is 34.1 Å². The van der Waals surface area contributed by atoms with Gasteiger partial charge in [0.15, 0.2) is 0 Å². The van der Waals surface area contributed by atoms with E-state index in [4.69, 9.17) is 0 Å². The molecule has 0 aromatic heterocycles. The molecule has 0 saturated carbocycles. The smallest absolute Gasteiger partial charge is 0.00488 e. The molecule has 1 N–H and O–H groups in total. The molecule has 86 valence electrons. The van der Waals surface area contributed by atoms with Gasteiger partial charge in [0.2, 0.25) is 0 Å². The molecule has 0 aliphatic carbocycles. The van der Waals surface area contributed by atoms with E-state index < -0.39 is 0 Å². The van der Waals surface area contributed by atoms with Gasteiger partial charge >= 0.3 is 0 Å². The summed E-state index contributed by atoms with van der Waals surface area (Å²) in [6.07, 6.45) is 6.77. The molecule has 1 nitrogen and oxygen atoms in total. The molecule has 1 unspecified atom stereocenters. The van der Waals surface area contributed by atoms with E-state index in [1.807, 2.05) is 0 Å². The summed E-state index contributed by atoms with van der Waals surface area (Å²) < 4.78 is 0. The summed E-state index contributed by atoms with van der Waals surface area (Å²) in [6, 6.07) is 0. The lowest BCUT2D eigenvalue weighted by molar-refractivity contribution is 0.365. The van der Waals surface area contributed by atoms with Crippen LogP contribution in [-0.2, 0) is 0 Å². The van der Waals surface area contributed by atoms with Crippen LogP contribution < -0.4 is 5.32 Å². The molecule has 0 aromatic rings. The predicted octanol–water partition coefficient (Wildman–Crippen LogP) is 3.84. The minimum atomic E-state index is 0.864. The lowest BCUT2D eigenvalue weighted by Crippen LogP contribution is -2.17. The molecule has 0 radical (unpaired) electrons. The van der Waals surface area contributed by atoms with Crippen molar-refractivity contribution in [1.82, 2.24) is 5.32 Å². The third kappa shape index (κ3) is 8.55. The van der Waals surface area contributed by atoms with Crippen LogP contribution in [0, 0.1) is 11.8 Å². The highest BCUT2D eigenvalue weighted by atomic mass is 14.8. The molecule has 1 heteroatoms. The second-order valence-electron chi connectivity index (χ2n) is 4.80. The first kappa shape index (κ1) is 14.0. The molecule has 14 heavy (non-hydrogen) atoms. The molecule has 0 aliphatic heterocycles.